The maximum atomic E-state index is 11.9. The molecule has 1 aromatic rings. The minimum atomic E-state index is 0.0759. The maximum Gasteiger partial charge on any atom is 0.224 e. The molecule has 0 bridgehead atoms. The molecule has 18 heavy (non-hydrogen) atoms. The monoisotopic (exact) mass is 265 g/mol. The van der Waals surface area contributed by atoms with Crippen molar-refractivity contribution in [2.24, 2.45) is 0 Å². The lowest BCUT2D eigenvalue weighted by molar-refractivity contribution is -0.120. The number of benzene rings is 1. The van der Waals surface area contributed by atoms with E-state index in [1.165, 1.54) is 4.90 Å². The van der Waals surface area contributed by atoms with Gasteiger partial charge in [0.1, 0.15) is 0 Å². The van der Waals surface area contributed by atoms with Gasteiger partial charge in [0, 0.05) is 18.0 Å². The molecule has 0 spiro atoms. The van der Waals surface area contributed by atoms with Crippen molar-refractivity contribution in [2.45, 2.75) is 30.3 Å². The Morgan fingerprint density at radius 1 is 1.50 bits per heavy atom. The first-order valence-electron chi connectivity index (χ1n) is 6.30. The van der Waals surface area contributed by atoms with Crippen molar-refractivity contribution >= 4 is 17.7 Å². The van der Waals surface area contributed by atoms with Gasteiger partial charge in [-0.05, 0) is 30.7 Å². The highest BCUT2D eigenvalue weighted by molar-refractivity contribution is 7.98. The van der Waals surface area contributed by atoms with Crippen molar-refractivity contribution in [1.29, 1.82) is 0 Å². The number of hydrogen-bond donors (Lipinski definition) is 1. The molecule has 0 saturated carbocycles. The summed E-state index contributed by atoms with van der Waals surface area (Å²) < 4.78 is 5.48. The summed E-state index contributed by atoms with van der Waals surface area (Å²) in [4.78, 5) is 13.0. The molecule has 1 fully saturated rings. The summed E-state index contributed by atoms with van der Waals surface area (Å²) in [5.41, 5.74) is 1.09. The predicted molar refractivity (Wildman–Crippen MR) is 73.9 cm³/mol. The number of carbonyl (C=O) groups excluding carboxylic acids is 1. The Labute approximate surface area is 112 Å². The number of carbonyl (C=O) groups is 1. The largest absolute Gasteiger partial charge is 0.376 e. The van der Waals surface area contributed by atoms with Crippen LogP contribution in [0.5, 0.6) is 0 Å². The van der Waals surface area contributed by atoms with E-state index in [1.54, 1.807) is 11.8 Å². The second kappa shape index (κ2) is 6.81. The summed E-state index contributed by atoms with van der Waals surface area (Å²) in [6.07, 6.45) is 4.86. The van der Waals surface area contributed by atoms with Crippen LogP contribution >= 0.6 is 11.8 Å². The van der Waals surface area contributed by atoms with Crippen LogP contribution in [0.25, 0.3) is 0 Å². The molecule has 1 aliphatic rings. The van der Waals surface area contributed by atoms with E-state index in [-0.39, 0.29) is 12.0 Å². The van der Waals surface area contributed by atoms with E-state index < -0.39 is 0 Å². The van der Waals surface area contributed by atoms with E-state index in [4.69, 9.17) is 4.74 Å². The highest BCUT2D eigenvalue weighted by atomic mass is 32.2. The molecule has 1 aromatic carbocycles. The van der Waals surface area contributed by atoms with Crippen molar-refractivity contribution in [3.63, 3.8) is 0 Å². The van der Waals surface area contributed by atoms with E-state index in [1.807, 2.05) is 30.5 Å². The minimum absolute atomic E-state index is 0.0759. The third kappa shape index (κ3) is 3.75. The fraction of sp³-hybridized carbons (Fsp3) is 0.500. The van der Waals surface area contributed by atoms with Gasteiger partial charge >= 0.3 is 0 Å². The van der Waals surface area contributed by atoms with E-state index in [2.05, 4.69) is 5.32 Å². The predicted octanol–water partition coefficient (Wildman–Crippen LogP) is 2.25. The molecule has 1 heterocycles. The van der Waals surface area contributed by atoms with Gasteiger partial charge in [-0.25, -0.2) is 0 Å². The molecule has 4 heteroatoms. The van der Waals surface area contributed by atoms with Crippen molar-refractivity contribution in [3.05, 3.63) is 29.8 Å². The SMILES string of the molecule is CSc1ccccc1CC(=O)NCC1CCCO1. The minimum Gasteiger partial charge on any atom is -0.376 e. The Morgan fingerprint density at radius 3 is 3.06 bits per heavy atom. The Morgan fingerprint density at radius 2 is 2.33 bits per heavy atom. The molecule has 1 atom stereocenters. The van der Waals surface area contributed by atoms with Gasteiger partial charge in [-0.2, -0.15) is 0 Å². The summed E-state index contributed by atoms with van der Waals surface area (Å²) in [6, 6.07) is 8.03. The van der Waals surface area contributed by atoms with Gasteiger partial charge in [0.2, 0.25) is 5.91 Å². The fourth-order valence-corrected chi connectivity index (χ4v) is 2.73. The average molecular weight is 265 g/mol. The summed E-state index contributed by atoms with van der Waals surface area (Å²) in [5.74, 6) is 0.0759. The first-order chi connectivity index (χ1) is 8.79. The van der Waals surface area contributed by atoms with Crippen molar-refractivity contribution < 1.29 is 9.53 Å². The number of nitrogens with one attached hydrogen (secondary N) is 1. The summed E-state index contributed by atoms with van der Waals surface area (Å²) >= 11 is 1.68. The molecule has 1 aliphatic heterocycles. The van der Waals surface area contributed by atoms with Crippen molar-refractivity contribution in [1.82, 2.24) is 5.32 Å². The van der Waals surface area contributed by atoms with Gasteiger partial charge in [0.25, 0.3) is 0 Å². The lowest BCUT2D eigenvalue weighted by Crippen LogP contribution is -2.32. The molecule has 1 saturated heterocycles. The van der Waals surface area contributed by atoms with Crippen LogP contribution in [0.2, 0.25) is 0 Å². The summed E-state index contributed by atoms with van der Waals surface area (Å²) in [6.45, 7) is 1.47. The zero-order chi connectivity index (χ0) is 12.8. The Hall–Kier alpha value is -1.00. The van der Waals surface area contributed by atoms with Crippen molar-refractivity contribution in [3.8, 4) is 0 Å². The van der Waals surface area contributed by atoms with Crippen LogP contribution in [-0.2, 0) is 16.0 Å². The number of amides is 1. The number of hydrogen-bond acceptors (Lipinski definition) is 3. The second-order valence-electron chi connectivity index (χ2n) is 4.43. The zero-order valence-electron chi connectivity index (χ0n) is 10.6. The Bertz CT molecular complexity index is 403. The first-order valence-corrected chi connectivity index (χ1v) is 7.52. The van der Waals surface area contributed by atoms with Crippen LogP contribution in [0.15, 0.2) is 29.2 Å². The smallest absolute Gasteiger partial charge is 0.224 e. The van der Waals surface area contributed by atoms with Gasteiger partial charge in [-0.1, -0.05) is 18.2 Å². The summed E-state index contributed by atoms with van der Waals surface area (Å²) in [5, 5.41) is 2.95. The van der Waals surface area contributed by atoms with Crippen LogP contribution in [0.4, 0.5) is 0 Å². The highest BCUT2D eigenvalue weighted by Crippen LogP contribution is 2.20. The van der Waals surface area contributed by atoms with Gasteiger partial charge < -0.3 is 10.1 Å². The Kier molecular flexibility index (Phi) is 5.08. The molecule has 1 N–H and O–H groups in total. The molecule has 0 radical (unpaired) electrons. The molecule has 3 nitrogen and oxygen atoms in total. The number of thioether (sulfide) groups is 1. The topological polar surface area (TPSA) is 38.3 Å². The summed E-state index contributed by atoms with van der Waals surface area (Å²) in [7, 11) is 0. The molecule has 1 unspecified atom stereocenters. The van der Waals surface area contributed by atoms with E-state index in [9.17, 15) is 4.79 Å². The second-order valence-corrected chi connectivity index (χ2v) is 5.28. The number of ether oxygens (including phenoxy) is 1. The molecule has 0 aromatic heterocycles. The van der Waals surface area contributed by atoms with Crippen LogP contribution in [0, 0.1) is 0 Å². The van der Waals surface area contributed by atoms with Crippen molar-refractivity contribution in [2.75, 3.05) is 19.4 Å². The van der Waals surface area contributed by atoms with E-state index in [0.29, 0.717) is 13.0 Å². The van der Waals surface area contributed by atoms with Crippen LogP contribution in [0.3, 0.4) is 0 Å². The third-order valence-electron chi connectivity index (χ3n) is 3.09. The molecular formula is C14H19NO2S. The van der Waals surface area contributed by atoms with Gasteiger partial charge in [-0.3, -0.25) is 4.79 Å². The van der Waals surface area contributed by atoms with E-state index in [0.717, 1.165) is 25.0 Å². The molecule has 1 amide bonds. The Balaban J connectivity index is 1.82. The third-order valence-corrected chi connectivity index (χ3v) is 3.93. The normalized spacial score (nSPS) is 18.8. The van der Waals surface area contributed by atoms with Gasteiger partial charge in [0.05, 0.1) is 12.5 Å². The zero-order valence-corrected chi connectivity index (χ0v) is 11.5. The average Bonchev–Trinajstić information content (AvgIpc) is 2.90. The van der Waals surface area contributed by atoms with Crippen LogP contribution in [-0.4, -0.2) is 31.4 Å². The molecule has 0 aliphatic carbocycles. The standard InChI is InChI=1S/C14H19NO2S/c1-18-13-7-3-2-5-11(13)9-14(16)15-10-12-6-4-8-17-12/h2-3,5,7,12H,4,6,8-10H2,1H3,(H,15,16). The highest BCUT2D eigenvalue weighted by Gasteiger charge is 2.16. The van der Waals surface area contributed by atoms with E-state index >= 15 is 0 Å². The first kappa shape index (κ1) is 13.4. The lowest BCUT2D eigenvalue weighted by Gasteiger charge is -2.11. The molecule has 2 rings (SSSR count). The van der Waals surface area contributed by atoms with Gasteiger partial charge in [0.15, 0.2) is 0 Å². The lowest BCUT2D eigenvalue weighted by atomic mass is 10.1. The maximum absolute atomic E-state index is 11.9. The molecule has 98 valence electrons. The van der Waals surface area contributed by atoms with Crippen LogP contribution in [0.1, 0.15) is 18.4 Å². The quantitative estimate of drug-likeness (QED) is 0.830. The number of rotatable bonds is 5. The van der Waals surface area contributed by atoms with Crippen LogP contribution < -0.4 is 5.32 Å². The fourth-order valence-electron chi connectivity index (χ4n) is 2.12. The molecular weight excluding hydrogens is 246 g/mol. The van der Waals surface area contributed by atoms with Gasteiger partial charge in [-0.15, -0.1) is 11.8 Å².